The molecule has 0 bridgehead atoms. The molecule has 4 heteroatoms. The number of unbranched alkanes of at least 4 members (excludes halogenated alkanes) is 1. The van der Waals surface area contributed by atoms with Crippen LogP contribution >= 0.6 is 22.6 Å². The van der Waals surface area contributed by atoms with E-state index in [1.54, 1.807) is 0 Å². The molecule has 130 valence electrons. The minimum Gasteiger partial charge on any atom is -0.492 e. The molecule has 2 aromatic rings. The van der Waals surface area contributed by atoms with Crippen LogP contribution in [0.3, 0.4) is 0 Å². The fourth-order valence-corrected chi connectivity index (χ4v) is 3.31. The zero-order chi connectivity index (χ0) is 17.4. The number of likely N-dealkylation sites (N-methyl/N-ethyl adjacent to an activating group) is 1. The number of rotatable bonds is 9. The van der Waals surface area contributed by atoms with Crippen LogP contribution in [0.4, 0.5) is 0 Å². The molecule has 3 nitrogen and oxygen atoms in total. The molecule has 1 N–H and O–H groups in total. The van der Waals surface area contributed by atoms with Crippen molar-refractivity contribution in [2.45, 2.75) is 12.8 Å². The van der Waals surface area contributed by atoms with E-state index in [1.165, 1.54) is 11.1 Å². The van der Waals surface area contributed by atoms with Crippen LogP contribution in [0, 0.1) is 3.57 Å². The lowest BCUT2D eigenvalue weighted by Gasteiger charge is -2.28. The van der Waals surface area contributed by atoms with Gasteiger partial charge in [0.2, 0.25) is 0 Å². The summed E-state index contributed by atoms with van der Waals surface area (Å²) < 4.78 is 7.94. The molecule has 0 aromatic heterocycles. The van der Waals surface area contributed by atoms with Crippen LogP contribution in [0.15, 0.2) is 48.5 Å². The van der Waals surface area contributed by atoms with Crippen LogP contribution in [-0.2, 0) is 0 Å². The summed E-state index contributed by atoms with van der Waals surface area (Å²) in [4.78, 5) is 0. The zero-order valence-corrected chi connectivity index (χ0v) is 16.7. The first-order chi connectivity index (χ1) is 11.5. The van der Waals surface area contributed by atoms with Crippen molar-refractivity contribution in [1.82, 2.24) is 0 Å². The summed E-state index contributed by atoms with van der Waals surface area (Å²) in [6, 6.07) is 16.8. The Morgan fingerprint density at radius 1 is 0.958 bits per heavy atom. The Kier molecular flexibility index (Phi) is 7.52. The van der Waals surface area contributed by atoms with Gasteiger partial charge < -0.3 is 14.3 Å². The molecular weight excluding hydrogens is 413 g/mol. The molecule has 0 saturated carbocycles. The first-order valence-electron chi connectivity index (χ1n) is 8.42. The average Bonchev–Trinajstić information content (AvgIpc) is 2.56. The van der Waals surface area contributed by atoms with Gasteiger partial charge in [0, 0.05) is 0 Å². The first-order valence-corrected chi connectivity index (χ1v) is 9.50. The predicted molar refractivity (Wildman–Crippen MR) is 108 cm³/mol. The minimum atomic E-state index is 0.245. The maximum Gasteiger partial charge on any atom is 0.132 e. The normalized spacial score (nSPS) is 11.5. The van der Waals surface area contributed by atoms with Gasteiger partial charge in [-0.05, 0) is 58.7 Å². The summed E-state index contributed by atoms with van der Waals surface area (Å²) >= 11 is 2.34. The van der Waals surface area contributed by atoms with Gasteiger partial charge >= 0.3 is 0 Å². The third-order valence-corrected chi connectivity index (χ3v) is 5.00. The van der Waals surface area contributed by atoms with Gasteiger partial charge in [-0.15, -0.1) is 0 Å². The van der Waals surface area contributed by atoms with Crippen LogP contribution in [0.25, 0.3) is 11.1 Å². The number of aliphatic hydroxyl groups excluding tert-OH is 1. The summed E-state index contributed by atoms with van der Waals surface area (Å²) in [5.74, 6) is 0.958. The minimum absolute atomic E-state index is 0.245. The predicted octanol–water partition coefficient (Wildman–Crippen LogP) is 4.19. The van der Waals surface area contributed by atoms with Gasteiger partial charge in [0.25, 0.3) is 0 Å². The largest absolute Gasteiger partial charge is 0.492 e. The van der Waals surface area contributed by atoms with E-state index >= 15 is 0 Å². The Balaban J connectivity index is 1.81. The van der Waals surface area contributed by atoms with Crippen LogP contribution in [-0.4, -0.2) is 50.0 Å². The summed E-state index contributed by atoms with van der Waals surface area (Å²) in [5.41, 5.74) is 2.45. The fraction of sp³-hybridized carbons (Fsp3) is 0.400. The van der Waals surface area contributed by atoms with Gasteiger partial charge in [-0.3, -0.25) is 0 Å². The molecule has 0 unspecified atom stereocenters. The highest BCUT2D eigenvalue weighted by Crippen LogP contribution is 2.28. The molecular formula is C20H27INO2+. The molecule has 0 radical (unpaired) electrons. The first kappa shape index (κ1) is 19.2. The van der Waals surface area contributed by atoms with Crippen LogP contribution in [0.5, 0.6) is 5.75 Å². The molecule has 0 heterocycles. The second-order valence-corrected chi connectivity index (χ2v) is 7.84. The van der Waals surface area contributed by atoms with E-state index in [0.29, 0.717) is 0 Å². The van der Waals surface area contributed by atoms with Crippen molar-refractivity contribution >= 4 is 22.6 Å². The molecule has 0 amide bonds. The number of aliphatic hydroxyl groups is 1. The van der Waals surface area contributed by atoms with Crippen molar-refractivity contribution in [3.05, 3.63) is 52.1 Å². The standard InChI is InChI=1S/C20H27INO2/c1-22(2,13-14-23)12-6-7-15-24-20-11-10-18(16-19(20)21)17-8-4-3-5-9-17/h3-5,8-11,16,23H,6-7,12-15H2,1-2H3/q+1. The summed E-state index contributed by atoms with van der Waals surface area (Å²) in [6.45, 7) is 2.85. The third-order valence-electron chi connectivity index (χ3n) is 4.16. The van der Waals surface area contributed by atoms with E-state index < -0.39 is 0 Å². The monoisotopic (exact) mass is 440 g/mol. The zero-order valence-electron chi connectivity index (χ0n) is 14.5. The Labute approximate surface area is 159 Å². The van der Waals surface area contributed by atoms with E-state index in [0.717, 1.165) is 46.3 Å². The van der Waals surface area contributed by atoms with Crippen molar-refractivity contribution in [2.24, 2.45) is 0 Å². The highest BCUT2D eigenvalue weighted by atomic mass is 127. The average molecular weight is 440 g/mol. The van der Waals surface area contributed by atoms with Gasteiger partial charge in [0.05, 0.1) is 37.4 Å². The summed E-state index contributed by atoms with van der Waals surface area (Å²) in [5, 5.41) is 9.05. The third kappa shape index (κ3) is 6.07. The fourth-order valence-electron chi connectivity index (χ4n) is 2.63. The molecule has 24 heavy (non-hydrogen) atoms. The molecule has 0 aliphatic carbocycles. The van der Waals surface area contributed by atoms with E-state index in [-0.39, 0.29) is 6.61 Å². The van der Waals surface area contributed by atoms with E-state index in [2.05, 4.69) is 79.2 Å². The van der Waals surface area contributed by atoms with E-state index in [4.69, 9.17) is 9.84 Å². The number of hydrogen-bond acceptors (Lipinski definition) is 2. The molecule has 0 fully saturated rings. The number of halogens is 1. The quantitative estimate of drug-likeness (QED) is 0.360. The lowest BCUT2D eigenvalue weighted by atomic mass is 10.1. The van der Waals surface area contributed by atoms with Gasteiger partial charge in [-0.25, -0.2) is 0 Å². The Morgan fingerprint density at radius 2 is 1.71 bits per heavy atom. The molecule has 0 spiro atoms. The molecule has 2 aromatic carbocycles. The van der Waals surface area contributed by atoms with Gasteiger partial charge in [0.15, 0.2) is 0 Å². The lowest BCUT2D eigenvalue weighted by Crippen LogP contribution is -2.42. The molecule has 0 aliphatic rings. The van der Waals surface area contributed by atoms with Crippen LogP contribution in [0.2, 0.25) is 0 Å². The van der Waals surface area contributed by atoms with Gasteiger partial charge in [-0.2, -0.15) is 0 Å². The Morgan fingerprint density at radius 3 is 2.38 bits per heavy atom. The van der Waals surface area contributed by atoms with Gasteiger partial charge in [-0.1, -0.05) is 36.4 Å². The smallest absolute Gasteiger partial charge is 0.132 e. The van der Waals surface area contributed by atoms with Gasteiger partial charge in [0.1, 0.15) is 12.3 Å². The second-order valence-electron chi connectivity index (χ2n) is 6.67. The lowest BCUT2D eigenvalue weighted by molar-refractivity contribution is -0.890. The van der Waals surface area contributed by atoms with Crippen molar-refractivity contribution in [3.63, 3.8) is 0 Å². The highest BCUT2D eigenvalue weighted by molar-refractivity contribution is 14.1. The maximum absolute atomic E-state index is 9.05. The van der Waals surface area contributed by atoms with Crippen molar-refractivity contribution < 1.29 is 14.3 Å². The highest BCUT2D eigenvalue weighted by Gasteiger charge is 2.13. The summed E-state index contributed by atoms with van der Waals surface area (Å²) in [7, 11) is 4.31. The number of ether oxygens (including phenoxy) is 1. The van der Waals surface area contributed by atoms with E-state index in [9.17, 15) is 0 Å². The molecule has 0 aliphatic heterocycles. The number of quaternary nitrogens is 1. The molecule has 2 rings (SSSR count). The van der Waals surface area contributed by atoms with E-state index in [1.807, 2.05) is 6.07 Å². The second kappa shape index (κ2) is 9.39. The van der Waals surface area contributed by atoms with Crippen molar-refractivity contribution in [1.29, 1.82) is 0 Å². The number of nitrogens with zero attached hydrogens (tertiary/aromatic N) is 1. The van der Waals surface area contributed by atoms with Crippen molar-refractivity contribution in [2.75, 3.05) is 40.4 Å². The molecule has 0 atom stereocenters. The maximum atomic E-state index is 9.05. The van der Waals surface area contributed by atoms with Crippen LogP contribution in [0.1, 0.15) is 12.8 Å². The Hall–Kier alpha value is -1.11. The SMILES string of the molecule is C[N+](C)(CCO)CCCCOc1ccc(-c2ccccc2)cc1I. The summed E-state index contributed by atoms with van der Waals surface area (Å²) in [6.07, 6.45) is 2.13. The Bertz CT molecular complexity index is 629. The number of benzene rings is 2. The molecule has 0 saturated heterocycles. The number of hydrogen-bond donors (Lipinski definition) is 1. The van der Waals surface area contributed by atoms with Crippen molar-refractivity contribution in [3.8, 4) is 16.9 Å². The van der Waals surface area contributed by atoms with Crippen LogP contribution < -0.4 is 4.74 Å². The topological polar surface area (TPSA) is 29.5 Å².